The molecular weight excluding hydrogens is 273 g/mol. The Hall–Kier alpha value is -1.91. The minimum Gasteiger partial charge on any atom is -0.480 e. The minimum absolute atomic E-state index is 0.115. The molecule has 0 aliphatic carbocycles. The van der Waals surface area contributed by atoms with Gasteiger partial charge in [-0.1, -0.05) is 19.1 Å². The zero-order valence-corrected chi connectivity index (χ0v) is 12.1. The van der Waals surface area contributed by atoms with Gasteiger partial charge in [0, 0.05) is 12.5 Å². The number of hydrogen-bond donors (Lipinski definition) is 1. The number of hydrogen-bond acceptors (Lipinski definition) is 2. The van der Waals surface area contributed by atoms with Crippen molar-refractivity contribution in [2.75, 3.05) is 6.54 Å². The third-order valence-corrected chi connectivity index (χ3v) is 4.00. The largest absolute Gasteiger partial charge is 0.480 e. The molecule has 1 aromatic rings. The van der Waals surface area contributed by atoms with Crippen LogP contribution in [0.15, 0.2) is 24.3 Å². The highest BCUT2D eigenvalue weighted by Crippen LogP contribution is 2.22. The second kappa shape index (κ2) is 6.70. The van der Waals surface area contributed by atoms with Crippen LogP contribution in [-0.4, -0.2) is 34.5 Å². The van der Waals surface area contributed by atoms with Gasteiger partial charge in [-0.15, -0.1) is 0 Å². The Balaban J connectivity index is 1.92. The lowest BCUT2D eigenvalue weighted by atomic mass is 9.99. The maximum absolute atomic E-state index is 13.1. The first kappa shape index (κ1) is 15.5. The van der Waals surface area contributed by atoms with Crippen LogP contribution in [0, 0.1) is 11.7 Å². The molecule has 1 amide bonds. The smallest absolute Gasteiger partial charge is 0.326 e. The minimum atomic E-state index is -0.932. The Morgan fingerprint density at radius 3 is 2.90 bits per heavy atom. The average molecular weight is 293 g/mol. The van der Waals surface area contributed by atoms with Crippen molar-refractivity contribution >= 4 is 11.9 Å². The number of rotatable bonds is 5. The molecule has 5 heteroatoms. The number of amides is 1. The molecule has 2 atom stereocenters. The number of benzene rings is 1. The molecule has 1 saturated heterocycles. The quantitative estimate of drug-likeness (QED) is 0.907. The normalized spacial score (nSPS) is 19.5. The predicted octanol–water partition coefficient (Wildman–Crippen LogP) is 2.47. The zero-order valence-electron chi connectivity index (χ0n) is 12.1. The van der Waals surface area contributed by atoms with E-state index in [-0.39, 0.29) is 17.6 Å². The van der Waals surface area contributed by atoms with Gasteiger partial charge < -0.3 is 10.0 Å². The van der Waals surface area contributed by atoms with E-state index in [0.29, 0.717) is 25.8 Å². The lowest BCUT2D eigenvalue weighted by molar-refractivity contribution is -0.149. The van der Waals surface area contributed by atoms with Crippen LogP contribution in [0.5, 0.6) is 0 Å². The highest BCUT2D eigenvalue weighted by atomic mass is 19.1. The Bertz CT molecular complexity index is 532. The van der Waals surface area contributed by atoms with Crippen LogP contribution in [0.25, 0.3) is 0 Å². The molecule has 114 valence electrons. The molecule has 1 aliphatic rings. The first-order valence-corrected chi connectivity index (χ1v) is 7.26. The van der Waals surface area contributed by atoms with Crippen LogP contribution in [-0.2, 0) is 16.0 Å². The molecule has 0 aromatic heterocycles. The van der Waals surface area contributed by atoms with Gasteiger partial charge in [-0.05, 0) is 43.4 Å². The number of carboxylic acid groups (broad SMARTS) is 1. The predicted molar refractivity (Wildman–Crippen MR) is 76.3 cm³/mol. The van der Waals surface area contributed by atoms with Crippen LogP contribution < -0.4 is 0 Å². The van der Waals surface area contributed by atoms with E-state index in [1.54, 1.807) is 13.0 Å². The van der Waals surface area contributed by atoms with Crippen LogP contribution in [0.2, 0.25) is 0 Å². The first-order chi connectivity index (χ1) is 9.99. The topological polar surface area (TPSA) is 57.6 Å². The van der Waals surface area contributed by atoms with Crippen molar-refractivity contribution in [1.29, 1.82) is 0 Å². The molecule has 0 radical (unpaired) electrons. The van der Waals surface area contributed by atoms with Gasteiger partial charge in [0.05, 0.1) is 0 Å². The van der Waals surface area contributed by atoms with E-state index < -0.39 is 12.0 Å². The zero-order chi connectivity index (χ0) is 15.4. The first-order valence-electron chi connectivity index (χ1n) is 7.26. The third kappa shape index (κ3) is 3.80. The summed E-state index contributed by atoms with van der Waals surface area (Å²) < 4.78 is 13.1. The highest BCUT2D eigenvalue weighted by Gasteiger charge is 2.35. The molecular formula is C16H20FNO3. The fourth-order valence-electron chi connectivity index (χ4n) is 2.77. The molecule has 0 spiro atoms. The van der Waals surface area contributed by atoms with Crippen molar-refractivity contribution in [3.63, 3.8) is 0 Å². The Morgan fingerprint density at radius 2 is 2.24 bits per heavy atom. The van der Waals surface area contributed by atoms with Crippen molar-refractivity contribution in [2.45, 2.75) is 38.6 Å². The molecule has 0 bridgehead atoms. The average Bonchev–Trinajstić information content (AvgIpc) is 2.93. The van der Waals surface area contributed by atoms with Gasteiger partial charge in [0.2, 0.25) is 5.91 Å². The van der Waals surface area contributed by atoms with E-state index in [1.807, 2.05) is 6.07 Å². The molecule has 0 unspecified atom stereocenters. The Labute approximate surface area is 123 Å². The van der Waals surface area contributed by atoms with E-state index in [1.165, 1.54) is 17.0 Å². The van der Waals surface area contributed by atoms with Gasteiger partial charge in [-0.3, -0.25) is 4.79 Å². The summed E-state index contributed by atoms with van der Waals surface area (Å²) in [6.45, 7) is 2.32. The lowest BCUT2D eigenvalue weighted by Gasteiger charge is -2.24. The van der Waals surface area contributed by atoms with Gasteiger partial charge in [-0.2, -0.15) is 0 Å². The molecule has 21 heavy (non-hydrogen) atoms. The van der Waals surface area contributed by atoms with E-state index in [2.05, 4.69) is 0 Å². The summed E-state index contributed by atoms with van der Waals surface area (Å²) in [6.07, 6.45) is 2.46. The number of carbonyl (C=O) groups excluding carboxylic acids is 1. The summed E-state index contributed by atoms with van der Waals surface area (Å²) in [6, 6.07) is 5.65. The molecule has 1 fully saturated rings. The molecule has 2 rings (SSSR count). The highest BCUT2D eigenvalue weighted by molar-refractivity contribution is 5.85. The van der Waals surface area contributed by atoms with Gasteiger partial charge >= 0.3 is 5.97 Å². The molecule has 1 N–H and O–H groups in total. The van der Waals surface area contributed by atoms with Gasteiger partial charge in [-0.25, -0.2) is 9.18 Å². The van der Waals surface area contributed by atoms with Crippen LogP contribution in [0.4, 0.5) is 4.39 Å². The maximum Gasteiger partial charge on any atom is 0.326 e. The van der Waals surface area contributed by atoms with Crippen molar-refractivity contribution in [3.05, 3.63) is 35.6 Å². The van der Waals surface area contributed by atoms with Crippen LogP contribution in [0.1, 0.15) is 31.7 Å². The van der Waals surface area contributed by atoms with Crippen LogP contribution in [0.3, 0.4) is 0 Å². The summed E-state index contributed by atoms with van der Waals surface area (Å²) in [5.41, 5.74) is 0.853. The Kier molecular flexibility index (Phi) is 4.94. The number of aliphatic carboxylic acids is 1. The summed E-state index contributed by atoms with van der Waals surface area (Å²) in [7, 11) is 0. The van der Waals surface area contributed by atoms with Gasteiger partial charge in [0.15, 0.2) is 0 Å². The standard InChI is InChI=1S/C16H20FNO3/c1-11(7-8-12-4-2-5-13(17)10-12)15(19)18-9-3-6-14(18)16(20)21/h2,4-5,10-11,14H,3,6-9H2,1H3,(H,20,21)/t11-,14+/m0/s1. The Morgan fingerprint density at radius 1 is 1.48 bits per heavy atom. The molecule has 4 nitrogen and oxygen atoms in total. The number of carboxylic acids is 1. The van der Waals surface area contributed by atoms with Crippen molar-refractivity contribution < 1.29 is 19.1 Å². The van der Waals surface area contributed by atoms with E-state index in [4.69, 9.17) is 5.11 Å². The molecule has 1 heterocycles. The van der Waals surface area contributed by atoms with Crippen molar-refractivity contribution in [1.82, 2.24) is 4.90 Å². The summed E-state index contributed by atoms with van der Waals surface area (Å²) >= 11 is 0. The number of carbonyl (C=O) groups is 2. The fraction of sp³-hybridized carbons (Fsp3) is 0.500. The monoisotopic (exact) mass is 293 g/mol. The van der Waals surface area contributed by atoms with Crippen LogP contribution >= 0.6 is 0 Å². The van der Waals surface area contributed by atoms with Gasteiger partial charge in [0.1, 0.15) is 11.9 Å². The number of nitrogens with zero attached hydrogens (tertiary/aromatic N) is 1. The number of likely N-dealkylation sites (tertiary alicyclic amines) is 1. The summed E-state index contributed by atoms with van der Waals surface area (Å²) in [4.78, 5) is 24.9. The molecule has 1 aromatic carbocycles. The van der Waals surface area contributed by atoms with E-state index >= 15 is 0 Å². The SMILES string of the molecule is C[C@@H](CCc1cccc(F)c1)C(=O)N1CCC[C@@H]1C(=O)O. The van der Waals surface area contributed by atoms with Crippen molar-refractivity contribution in [3.8, 4) is 0 Å². The molecule has 0 saturated carbocycles. The maximum atomic E-state index is 13.1. The second-order valence-corrected chi connectivity index (χ2v) is 5.60. The van der Waals surface area contributed by atoms with Crippen molar-refractivity contribution in [2.24, 2.45) is 5.92 Å². The summed E-state index contributed by atoms with van der Waals surface area (Å²) in [5.74, 6) is -1.58. The fourth-order valence-corrected chi connectivity index (χ4v) is 2.77. The summed E-state index contributed by atoms with van der Waals surface area (Å²) in [5, 5.41) is 9.12. The van der Waals surface area contributed by atoms with E-state index in [0.717, 1.165) is 12.0 Å². The number of aryl methyl sites for hydroxylation is 1. The van der Waals surface area contributed by atoms with E-state index in [9.17, 15) is 14.0 Å². The molecule has 1 aliphatic heterocycles. The lowest BCUT2D eigenvalue weighted by Crippen LogP contribution is -2.43. The number of halogens is 1. The third-order valence-electron chi connectivity index (χ3n) is 4.00. The second-order valence-electron chi connectivity index (χ2n) is 5.60. The van der Waals surface area contributed by atoms with Gasteiger partial charge in [0.25, 0.3) is 0 Å².